The molecule has 2 nitrogen and oxygen atoms in total. The molecular formula is C15H16NO+. The van der Waals surface area contributed by atoms with Crippen LogP contribution >= 0.6 is 0 Å². The highest BCUT2D eigenvalue weighted by Crippen LogP contribution is 2.27. The second kappa shape index (κ2) is 4.83. The van der Waals surface area contributed by atoms with Gasteiger partial charge >= 0.3 is 0 Å². The van der Waals surface area contributed by atoms with E-state index in [1.165, 1.54) is 0 Å². The van der Waals surface area contributed by atoms with Gasteiger partial charge in [-0.2, -0.15) is 0 Å². The molecule has 0 saturated carbocycles. The number of hydrogen-bond acceptors (Lipinski definition) is 1. The van der Waals surface area contributed by atoms with Crippen LogP contribution < -0.4 is 0 Å². The summed E-state index contributed by atoms with van der Waals surface area (Å²) in [6.45, 7) is 8.91. The van der Waals surface area contributed by atoms with Crippen molar-refractivity contribution in [2.75, 3.05) is 6.54 Å². The lowest BCUT2D eigenvalue weighted by molar-refractivity contribution is -0.525. The molecule has 0 unspecified atom stereocenters. The second-order valence-electron chi connectivity index (χ2n) is 4.08. The van der Waals surface area contributed by atoms with Gasteiger partial charge in [0.25, 0.3) is 0 Å². The van der Waals surface area contributed by atoms with E-state index >= 15 is 0 Å². The Labute approximate surface area is 101 Å². The lowest BCUT2D eigenvalue weighted by atomic mass is 10.0. The van der Waals surface area contributed by atoms with Crippen LogP contribution in [0.2, 0.25) is 0 Å². The third-order valence-corrected chi connectivity index (χ3v) is 2.78. The van der Waals surface area contributed by atoms with Crippen LogP contribution in [0.5, 0.6) is 5.75 Å². The van der Waals surface area contributed by atoms with Crippen LogP contribution in [0.4, 0.5) is 0 Å². The van der Waals surface area contributed by atoms with Gasteiger partial charge in [-0.05, 0) is 22.9 Å². The highest BCUT2D eigenvalue weighted by atomic mass is 16.3. The van der Waals surface area contributed by atoms with Crippen molar-refractivity contribution in [3.63, 3.8) is 0 Å². The first kappa shape index (κ1) is 11.4. The Morgan fingerprint density at radius 1 is 1.18 bits per heavy atom. The molecule has 2 rings (SSSR count). The number of hydrogen-bond donors (Lipinski definition) is 1. The molecule has 1 N–H and O–H groups in total. The predicted octanol–water partition coefficient (Wildman–Crippen LogP) is 2.94. The molecule has 0 aliphatic rings. The van der Waals surface area contributed by atoms with Gasteiger partial charge in [-0.1, -0.05) is 36.9 Å². The Morgan fingerprint density at radius 2 is 1.94 bits per heavy atom. The maximum Gasteiger partial charge on any atom is 0.172 e. The molecular weight excluding hydrogens is 210 g/mol. The van der Waals surface area contributed by atoms with E-state index in [-0.39, 0.29) is 0 Å². The van der Waals surface area contributed by atoms with Crippen LogP contribution in [0.25, 0.3) is 10.8 Å². The van der Waals surface area contributed by atoms with E-state index in [2.05, 4.69) is 13.3 Å². The van der Waals surface area contributed by atoms with E-state index in [0.717, 1.165) is 16.3 Å². The zero-order valence-corrected chi connectivity index (χ0v) is 9.76. The second-order valence-corrected chi connectivity index (χ2v) is 4.08. The van der Waals surface area contributed by atoms with Crippen LogP contribution in [0.1, 0.15) is 5.56 Å². The van der Waals surface area contributed by atoms with Gasteiger partial charge in [-0.25, -0.2) is 4.58 Å². The molecule has 2 aromatic rings. The summed E-state index contributed by atoms with van der Waals surface area (Å²) < 4.78 is 1.87. The summed E-state index contributed by atoms with van der Waals surface area (Å²) in [7, 11) is 0. The fraction of sp³-hybridized carbons (Fsp3) is 0.133. The summed E-state index contributed by atoms with van der Waals surface area (Å²) in [5.41, 5.74) is 0.917. The van der Waals surface area contributed by atoms with Gasteiger partial charge in [-0.15, -0.1) is 0 Å². The predicted molar refractivity (Wildman–Crippen MR) is 71.8 cm³/mol. The SMILES string of the molecule is C=CC[N+](=C)Cc1c(O)ccc2ccccc12. The number of benzene rings is 2. The number of fused-ring (bicyclic) bond motifs is 1. The molecule has 0 bridgehead atoms. The minimum absolute atomic E-state index is 0.321. The molecule has 0 aliphatic heterocycles. The first-order valence-corrected chi connectivity index (χ1v) is 5.58. The van der Waals surface area contributed by atoms with Crippen LogP contribution in [0.3, 0.4) is 0 Å². The fourth-order valence-corrected chi connectivity index (χ4v) is 1.96. The quantitative estimate of drug-likeness (QED) is 0.483. The summed E-state index contributed by atoms with van der Waals surface area (Å²) in [5.74, 6) is 0.321. The highest BCUT2D eigenvalue weighted by molar-refractivity contribution is 5.87. The maximum absolute atomic E-state index is 9.95. The lowest BCUT2D eigenvalue weighted by Crippen LogP contribution is -2.09. The summed E-state index contributed by atoms with van der Waals surface area (Å²) in [6, 6.07) is 11.7. The molecule has 86 valence electrons. The molecule has 0 fully saturated rings. The Balaban J connectivity index is 2.47. The normalized spacial score (nSPS) is 10.4. The third-order valence-electron chi connectivity index (χ3n) is 2.78. The van der Waals surface area contributed by atoms with Crippen molar-refractivity contribution in [2.24, 2.45) is 0 Å². The van der Waals surface area contributed by atoms with E-state index in [9.17, 15) is 5.11 Å². The van der Waals surface area contributed by atoms with Crippen molar-refractivity contribution in [1.29, 1.82) is 0 Å². The van der Waals surface area contributed by atoms with Crippen LogP contribution in [0, 0.1) is 0 Å². The average molecular weight is 226 g/mol. The standard InChI is InChI=1S/C15H15NO/c1-3-10-16(2)11-14-13-7-5-4-6-12(13)8-9-15(14)17/h3-9H,1-2,10-11H2/p+1. The van der Waals surface area contributed by atoms with Gasteiger partial charge in [0.15, 0.2) is 13.1 Å². The Kier molecular flexibility index (Phi) is 3.24. The van der Waals surface area contributed by atoms with Crippen LogP contribution in [-0.2, 0) is 6.54 Å². The van der Waals surface area contributed by atoms with Crippen molar-refractivity contribution in [3.05, 3.63) is 54.6 Å². The topological polar surface area (TPSA) is 23.2 Å². The molecule has 0 aliphatic carbocycles. The smallest absolute Gasteiger partial charge is 0.172 e. The van der Waals surface area contributed by atoms with Crippen molar-refractivity contribution < 1.29 is 9.68 Å². The molecule has 0 amide bonds. The van der Waals surface area contributed by atoms with E-state index < -0.39 is 0 Å². The van der Waals surface area contributed by atoms with Crippen molar-refractivity contribution >= 4 is 17.5 Å². The van der Waals surface area contributed by atoms with Crippen molar-refractivity contribution in [2.45, 2.75) is 6.54 Å². The van der Waals surface area contributed by atoms with Crippen LogP contribution in [-0.4, -0.2) is 22.9 Å². The average Bonchev–Trinajstić information content (AvgIpc) is 2.33. The Bertz CT molecular complexity index is 572. The third kappa shape index (κ3) is 2.36. The van der Waals surface area contributed by atoms with E-state index in [4.69, 9.17) is 0 Å². The van der Waals surface area contributed by atoms with Crippen LogP contribution in [0.15, 0.2) is 49.1 Å². The molecule has 0 atom stereocenters. The number of rotatable bonds is 4. The molecule has 0 saturated heterocycles. The first-order chi connectivity index (χ1) is 8.22. The highest BCUT2D eigenvalue weighted by Gasteiger charge is 2.11. The Hall–Kier alpha value is -2.09. The van der Waals surface area contributed by atoms with E-state index in [1.54, 1.807) is 12.1 Å². The summed E-state index contributed by atoms with van der Waals surface area (Å²) in [4.78, 5) is 0. The summed E-state index contributed by atoms with van der Waals surface area (Å²) >= 11 is 0. The van der Waals surface area contributed by atoms with E-state index in [0.29, 0.717) is 18.8 Å². The zero-order valence-electron chi connectivity index (χ0n) is 9.76. The van der Waals surface area contributed by atoms with Crippen molar-refractivity contribution in [1.82, 2.24) is 0 Å². The van der Waals surface area contributed by atoms with Gasteiger partial charge in [0.2, 0.25) is 0 Å². The minimum Gasteiger partial charge on any atom is -0.507 e. The number of phenolic OH excluding ortho intramolecular Hbond substituents is 1. The zero-order chi connectivity index (χ0) is 12.3. The maximum atomic E-state index is 9.95. The Morgan fingerprint density at radius 3 is 2.71 bits per heavy atom. The number of aromatic hydroxyl groups is 1. The number of phenols is 1. The molecule has 2 heteroatoms. The molecule has 17 heavy (non-hydrogen) atoms. The molecule has 0 heterocycles. The molecule has 2 aromatic carbocycles. The summed E-state index contributed by atoms with van der Waals surface area (Å²) in [6.07, 6.45) is 1.80. The lowest BCUT2D eigenvalue weighted by Gasteiger charge is -2.07. The molecule has 0 spiro atoms. The summed E-state index contributed by atoms with van der Waals surface area (Å²) in [5, 5.41) is 12.2. The first-order valence-electron chi connectivity index (χ1n) is 5.58. The fourth-order valence-electron chi connectivity index (χ4n) is 1.96. The monoisotopic (exact) mass is 226 g/mol. The van der Waals surface area contributed by atoms with Gasteiger partial charge in [0, 0.05) is 0 Å². The molecule has 0 radical (unpaired) electrons. The van der Waals surface area contributed by atoms with Gasteiger partial charge in [-0.3, -0.25) is 0 Å². The van der Waals surface area contributed by atoms with E-state index in [1.807, 2.05) is 34.9 Å². The van der Waals surface area contributed by atoms with Gasteiger partial charge < -0.3 is 5.11 Å². The minimum atomic E-state index is 0.321. The van der Waals surface area contributed by atoms with Gasteiger partial charge in [0.1, 0.15) is 12.5 Å². The van der Waals surface area contributed by atoms with Gasteiger partial charge in [0.05, 0.1) is 5.56 Å². The number of nitrogens with zero attached hydrogens (tertiary/aromatic N) is 1. The molecule has 0 aromatic heterocycles. The largest absolute Gasteiger partial charge is 0.507 e. The van der Waals surface area contributed by atoms with Crippen molar-refractivity contribution in [3.8, 4) is 5.75 Å².